The van der Waals surface area contributed by atoms with Crippen LogP contribution in [0.25, 0.3) is 0 Å². The van der Waals surface area contributed by atoms with E-state index in [2.05, 4.69) is 31.2 Å². The molecule has 2 atom stereocenters. The fraction of sp³-hybridized carbons (Fsp3) is 0.344. The highest BCUT2D eigenvalue weighted by Gasteiger charge is 2.27. The molecule has 6 N–H and O–H groups in total. The van der Waals surface area contributed by atoms with Gasteiger partial charge < -0.3 is 41.3 Å². The van der Waals surface area contributed by atoms with Gasteiger partial charge in [0.2, 0.25) is 17.7 Å². The molecule has 15 heteroatoms. The molecule has 0 aliphatic carbocycles. The van der Waals surface area contributed by atoms with Crippen molar-refractivity contribution in [3.8, 4) is 0 Å². The lowest BCUT2D eigenvalue weighted by Crippen LogP contribution is -2.50. The first kappa shape index (κ1) is 36.2. The Morgan fingerprint density at radius 1 is 0.702 bits per heavy atom. The maximum Gasteiger partial charge on any atom is 0.272 e. The van der Waals surface area contributed by atoms with Gasteiger partial charge in [0.1, 0.15) is 17.4 Å². The average molecular weight is 649 g/mol. The number of anilines is 2. The topological polar surface area (TPSA) is 206 Å². The molecular weight excluding hydrogens is 608 g/mol. The van der Waals surface area contributed by atoms with Crippen molar-refractivity contribution in [2.45, 2.75) is 24.9 Å². The Kier molecular flexibility index (Phi) is 14.4. The zero-order valence-electron chi connectivity index (χ0n) is 26.3. The molecule has 2 heterocycles. The molecule has 15 nitrogen and oxygen atoms in total. The summed E-state index contributed by atoms with van der Waals surface area (Å²) in [5, 5.41) is 30.5. The molecule has 0 saturated heterocycles. The third-order valence-corrected chi connectivity index (χ3v) is 7.12. The number of rotatable bonds is 17. The van der Waals surface area contributed by atoms with E-state index < -0.39 is 30.5 Å². The number of nitrogens with zero attached hydrogens (tertiary/aromatic N) is 4. The second-order valence-corrected chi connectivity index (χ2v) is 10.5. The van der Waals surface area contributed by atoms with Crippen molar-refractivity contribution in [1.82, 2.24) is 30.4 Å². The highest BCUT2D eigenvalue weighted by Crippen LogP contribution is 2.14. The minimum atomic E-state index is -1.15. The predicted octanol–water partition coefficient (Wildman–Crippen LogP) is 0.106. The van der Waals surface area contributed by atoms with Gasteiger partial charge in [-0.2, -0.15) is 0 Å². The average Bonchev–Trinajstić information content (AvgIpc) is 3.09. The van der Waals surface area contributed by atoms with Crippen LogP contribution in [0, 0.1) is 0 Å². The molecule has 0 spiro atoms. The summed E-state index contributed by atoms with van der Waals surface area (Å²) < 4.78 is 0. The van der Waals surface area contributed by atoms with Crippen molar-refractivity contribution < 1.29 is 34.2 Å². The molecule has 2 aromatic heterocycles. The van der Waals surface area contributed by atoms with Crippen molar-refractivity contribution in [2.75, 3.05) is 57.6 Å². The van der Waals surface area contributed by atoms with Crippen molar-refractivity contribution in [1.29, 1.82) is 0 Å². The van der Waals surface area contributed by atoms with E-state index in [1.165, 1.54) is 30.4 Å². The Hall–Kier alpha value is -5.25. The molecule has 47 heavy (non-hydrogen) atoms. The van der Waals surface area contributed by atoms with Crippen LogP contribution in [0.3, 0.4) is 0 Å². The first-order chi connectivity index (χ1) is 22.6. The molecule has 0 radical (unpaired) electrons. The minimum absolute atomic E-state index is 0.0230. The summed E-state index contributed by atoms with van der Waals surface area (Å²) >= 11 is 0. The Balaban J connectivity index is 1.35. The normalized spacial score (nSPS) is 11.9. The van der Waals surface area contributed by atoms with Crippen molar-refractivity contribution in [2.24, 2.45) is 0 Å². The summed E-state index contributed by atoms with van der Waals surface area (Å²) in [7, 11) is 2.97. The quantitative estimate of drug-likeness (QED) is 0.109. The highest BCUT2D eigenvalue weighted by molar-refractivity contribution is 5.96. The van der Waals surface area contributed by atoms with Gasteiger partial charge in [-0.1, -0.05) is 12.1 Å². The van der Waals surface area contributed by atoms with Crippen LogP contribution in [0.2, 0.25) is 0 Å². The number of aliphatic hydroxyl groups is 2. The zero-order valence-corrected chi connectivity index (χ0v) is 26.3. The number of aliphatic hydroxyl groups excluding tert-OH is 2. The molecule has 0 bridgehead atoms. The standard InChI is InChI=1S/C32H40N8O7/c1-39(31(46)25-7-3-5-15-34-25)24(20-41)19-33-17-13-28(43)37-22-9-11-23(12-10-22)38-29(44)14-18-36-30(45)27(21-42)40(2)32(47)26-8-4-6-16-35-26/h3-12,15-16,24,27,33,41-42H,13-14,17-21H2,1-2H3,(H,36,45)(H,37,43)(H,38,44)/t24-,27+/m1/s1. The fourth-order valence-corrected chi connectivity index (χ4v) is 4.32. The minimum Gasteiger partial charge on any atom is -0.394 e. The number of hydrogen-bond acceptors (Lipinski definition) is 10. The molecule has 0 aliphatic rings. The Labute approximate surface area is 272 Å². The maximum atomic E-state index is 12.6. The van der Waals surface area contributed by atoms with E-state index in [1.807, 2.05) is 0 Å². The highest BCUT2D eigenvalue weighted by atomic mass is 16.3. The lowest BCUT2D eigenvalue weighted by Gasteiger charge is -2.26. The van der Waals surface area contributed by atoms with Gasteiger partial charge in [0.15, 0.2) is 0 Å². The Bertz CT molecular complexity index is 1480. The molecule has 3 rings (SSSR count). The Morgan fingerprint density at radius 2 is 1.21 bits per heavy atom. The number of nitrogens with one attached hydrogen (secondary N) is 4. The van der Waals surface area contributed by atoms with E-state index in [1.54, 1.807) is 61.6 Å². The summed E-state index contributed by atoms with van der Waals surface area (Å²) in [6.45, 7) is -0.298. The van der Waals surface area contributed by atoms with Crippen molar-refractivity contribution in [3.63, 3.8) is 0 Å². The van der Waals surface area contributed by atoms with Crippen LogP contribution in [-0.4, -0.2) is 119 Å². The third kappa shape index (κ3) is 11.2. The van der Waals surface area contributed by atoms with Crippen LogP contribution in [0.1, 0.15) is 33.8 Å². The summed E-state index contributed by atoms with van der Waals surface area (Å²) in [5.41, 5.74) is 1.41. The van der Waals surface area contributed by atoms with Gasteiger partial charge in [0.25, 0.3) is 11.8 Å². The van der Waals surface area contributed by atoms with Crippen molar-refractivity contribution in [3.05, 3.63) is 84.4 Å². The molecule has 0 saturated carbocycles. The summed E-state index contributed by atoms with van der Waals surface area (Å²) in [4.78, 5) is 73.0. The van der Waals surface area contributed by atoms with Crippen LogP contribution in [0.4, 0.5) is 11.4 Å². The number of amides is 5. The van der Waals surface area contributed by atoms with Gasteiger partial charge in [-0.3, -0.25) is 33.9 Å². The molecular formula is C32H40N8O7. The number of hydrogen-bond donors (Lipinski definition) is 6. The van der Waals surface area contributed by atoms with Crippen LogP contribution < -0.4 is 21.3 Å². The molecule has 250 valence electrons. The predicted molar refractivity (Wildman–Crippen MR) is 173 cm³/mol. The van der Waals surface area contributed by atoms with Crippen molar-refractivity contribution >= 4 is 40.9 Å². The van der Waals surface area contributed by atoms with E-state index in [9.17, 15) is 34.2 Å². The second kappa shape index (κ2) is 18.7. The largest absolute Gasteiger partial charge is 0.394 e. The van der Waals surface area contributed by atoms with Crippen LogP contribution in [0.15, 0.2) is 73.1 Å². The van der Waals surface area contributed by atoms with Gasteiger partial charge in [0, 0.05) is 70.3 Å². The van der Waals surface area contributed by atoms with Crippen LogP contribution in [0.5, 0.6) is 0 Å². The zero-order chi connectivity index (χ0) is 34.2. The van der Waals surface area contributed by atoms with Gasteiger partial charge in [-0.25, -0.2) is 0 Å². The SMILES string of the molecule is CN(C(=O)c1ccccn1)[C@@H](CO)CNCCC(=O)Nc1ccc(NC(=O)CCNC(=O)[C@H](CO)N(C)C(=O)c2ccccn2)cc1. The van der Waals surface area contributed by atoms with E-state index in [0.717, 1.165) is 4.90 Å². The van der Waals surface area contributed by atoms with E-state index in [0.29, 0.717) is 17.9 Å². The molecule has 3 aromatic rings. The molecule has 0 unspecified atom stereocenters. The summed E-state index contributed by atoms with van der Waals surface area (Å²) in [5.74, 6) is -2.09. The summed E-state index contributed by atoms with van der Waals surface area (Å²) in [6.07, 6.45) is 3.06. The number of carbonyl (C=O) groups excluding carboxylic acids is 5. The van der Waals surface area contributed by atoms with Crippen LogP contribution >= 0.6 is 0 Å². The number of aromatic nitrogens is 2. The molecule has 0 aliphatic heterocycles. The monoisotopic (exact) mass is 648 g/mol. The van der Waals surface area contributed by atoms with Crippen LogP contribution in [-0.2, 0) is 14.4 Å². The van der Waals surface area contributed by atoms with E-state index >= 15 is 0 Å². The van der Waals surface area contributed by atoms with Gasteiger partial charge in [0.05, 0.1) is 19.3 Å². The smallest absolute Gasteiger partial charge is 0.272 e. The number of pyridine rings is 2. The second-order valence-electron chi connectivity index (χ2n) is 10.5. The molecule has 0 fully saturated rings. The Morgan fingerprint density at radius 3 is 1.68 bits per heavy atom. The van der Waals surface area contributed by atoms with Gasteiger partial charge in [-0.05, 0) is 48.5 Å². The lowest BCUT2D eigenvalue weighted by molar-refractivity contribution is -0.126. The first-order valence-electron chi connectivity index (χ1n) is 14.9. The van der Waals surface area contributed by atoms with E-state index in [4.69, 9.17) is 0 Å². The maximum absolute atomic E-state index is 12.6. The third-order valence-electron chi connectivity index (χ3n) is 7.12. The van der Waals surface area contributed by atoms with E-state index in [-0.39, 0.29) is 61.6 Å². The van der Waals surface area contributed by atoms with Gasteiger partial charge in [-0.15, -0.1) is 0 Å². The number of carbonyl (C=O) groups is 5. The lowest BCUT2D eigenvalue weighted by atomic mass is 10.2. The first-order valence-corrected chi connectivity index (χ1v) is 14.9. The number of likely N-dealkylation sites (N-methyl/N-ethyl adjacent to an activating group) is 2. The van der Waals surface area contributed by atoms with Gasteiger partial charge >= 0.3 is 0 Å². The number of benzene rings is 1. The molecule has 1 aromatic carbocycles. The fourth-order valence-electron chi connectivity index (χ4n) is 4.32. The molecule has 5 amide bonds. The summed E-state index contributed by atoms with van der Waals surface area (Å²) in [6, 6.07) is 14.6.